The molecule has 60 valence electrons. The summed E-state index contributed by atoms with van der Waals surface area (Å²) in [4.78, 5) is 10.4. The smallest absolute Gasteiger partial charge is 0.349 e. The van der Waals surface area contributed by atoms with Gasteiger partial charge in [-0.2, -0.15) is 0 Å². The van der Waals surface area contributed by atoms with Gasteiger partial charge in [0, 0.05) is 5.56 Å². The molecule has 0 unspecified atom stereocenters. The van der Waals surface area contributed by atoms with Gasteiger partial charge in [0.15, 0.2) is 4.88 Å². The zero-order valence-corrected chi connectivity index (χ0v) is 7.99. The summed E-state index contributed by atoms with van der Waals surface area (Å²) in [5, 5.41) is 17.7. The SMILES string of the molecule is Cc1c(Br)sc(C(=O)O)c1O. The van der Waals surface area contributed by atoms with Gasteiger partial charge in [0.2, 0.25) is 0 Å². The normalized spacial score (nSPS) is 10.0. The van der Waals surface area contributed by atoms with Crippen LogP contribution in [0.4, 0.5) is 0 Å². The standard InChI is InChI=1S/C6H5BrO3S/c1-2-3(8)4(6(9)10)11-5(2)7/h8H,1H3,(H,9,10). The third-order valence-electron chi connectivity index (χ3n) is 1.25. The van der Waals surface area contributed by atoms with Crippen molar-refractivity contribution in [2.24, 2.45) is 0 Å². The predicted octanol–water partition coefficient (Wildman–Crippen LogP) is 2.22. The zero-order chi connectivity index (χ0) is 8.59. The number of aromatic hydroxyl groups is 1. The molecular formula is C6H5BrO3S. The maximum atomic E-state index is 10.4. The Morgan fingerprint density at radius 3 is 2.36 bits per heavy atom. The van der Waals surface area contributed by atoms with Crippen LogP contribution < -0.4 is 0 Å². The highest BCUT2D eigenvalue weighted by Crippen LogP contribution is 2.37. The van der Waals surface area contributed by atoms with Crippen LogP contribution in [-0.4, -0.2) is 16.2 Å². The van der Waals surface area contributed by atoms with E-state index in [1.807, 2.05) is 0 Å². The van der Waals surface area contributed by atoms with E-state index in [1.165, 1.54) is 0 Å². The van der Waals surface area contributed by atoms with Gasteiger partial charge in [0.25, 0.3) is 0 Å². The molecule has 0 radical (unpaired) electrons. The molecule has 1 rings (SSSR count). The molecule has 3 nitrogen and oxygen atoms in total. The molecule has 0 spiro atoms. The lowest BCUT2D eigenvalue weighted by Gasteiger charge is -1.89. The number of carbonyl (C=O) groups is 1. The molecule has 2 N–H and O–H groups in total. The molecule has 1 heterocycles. The number of carboxylic acid groups (broad SMARTS) is 1. The van der Waals surface area contributed by atoms with Crippen LogP contribution in [0.15, 0.2) is 3.79 Å². The maximum absolute atomic E-state index is 10.4. The van der Waals surface area contributed by atoms with E-state index >= 15 is 0 Å². The molecule has 0 saturated heterocycles. The predicted molar refractivity (Wildman–Crippen MR) is 45.4 cm³/mol. The Bertz CT molecular complexity index is 305. The summed E-state index contributed by atoms with van der Waals surface area (Å²) in [5.74, 6) is -1.24. The summed E-state index contributed by atoms with van der Waals surface area (Å²) in [6, 6.07) is 0. The minimum atomic E-state index is -1.10. The molecule has 0 aliphatic rings. The van der Waals surface area contributed by atoms with Crippen LogP contribution in [-0.2, 0) is 0 Å². The summed E-state index contributed by atoms with van der Waals surface area (Å²) in [6.45, 7) is 1.66. The second-order valence-corrected chi connectivity index (χ2v) is 4.32. The fourth-order valence-corrected chi connectivity index (χ4v) is 2.06. The first-order valence-electron chi connectivity index (χ1n) is 2.75. The number of hydrogen-bond acceptors (Lipinski definition) is 3. The highest BCUT2D eigenvalue weighted by atomic mass is 79.9. The van der Waals surface area contributed by atoms with Gasteiger partial charge in [0.05, 0.1) is 3.79 Å². The van der Waals surface area contributed by atoms with Gasteiger partial charge in [0.1, 0.15) is 5.75 Å². The van der Waals surface area contributed by atoms with Crippen molar-refractivity contribution in [2.75, 3.05) is 0 Å². The number of thiophene rings is 1. The Kier molecular flexibility index (Phi) is 2.20. The fourth-order valence-electron chi connectivity index (χ4n) is 0.623. The maximum Gasteiger partial charge on any atom is 0.349 e. The van der Waals surface area contributed by atoms with Crippen LogP contribution in [0.5, 0.6) is 5.75 Å². The lowest BCUT2D eigenvalue weighted by Crippen LogP contribution is -1.91. The Balaban J connectivity index is 3.29. The summed E-state index contributed by atoms with van der Waals surface area (Å²) in [5.41, 5.74) is 0.576. The van der Waals surface area contributed by atoms with Crippen molar-refractivity contribution in [3.05, 3.63) is 14.2 Å². The average molecular weight is 237 g/mol. The van der Waals surface area contributed by atoms with Gasteiger partial charge in [-0.1, -0.05) is 0 Å². The first-order valence-corrected chi connectivity index (χ1v) is 4.36. The Morgan fingerprint density at radius 1 is 1.64 bits per heavy atom. The molecule has 0 fully saturated rings. The van der Waals surface area contributed by atoms with E-state index < -0.39 is 5.97 Å². The summed E-state index contributed by atoms with van der Waals surface area (Å²) >= 11 is 4.15. The second kappa shape index (κ2) is 2.83. The van der Waals surface area contributed by atoms with Gasteiger partial charge < -0.3 is 10.2 Å². The van der Waals surface area contributed by atoms with Gasteiger partial charge in [-0.05, 0) is 22.9 Å². The lowest BCUT2D eigenvalue weighted by molar-refractivity contribution is 0.0699. The van der Waals surface area contributed by atoms with Crippen LogP contribution in [0.1, 0.15) is 15.2 Å². The second-order valence-electron chi connectivity index (χ2n) is 1.98. The van der Waals surface area contributed by atoms with E-state index in [0.29, 0.717) is 9.35 Å². The monoisotopic (exact) mass is 236 g/mol. The molecule has 5 heteroatoms. The van der Waals surface area contributed by atoms with Crippen molar-refractivity contribution in [3.8, 4) is 5.75 Å². The third-order valence-corrected chi connectivity index (χ3v) is 3.39. The van der Waals surface area contributed by atoms with Crippen LogP contribution in [0.2, 0.25) is 0 Å². The van der Waals surface area contributed by atoms with Crippen LogP contribution in [0.3, 0.4) is 0 Å². The molecule has 11 heavy (non-hydrogen) atoms. The van der Waals surface area contributed by atoms with Crippen LogP contribution in [0, 0.1) is 6.92 Å². The number of carboxylic acids is 1. The number of aromatic carboxylic acids is 1. The first-order chi connectivity index (χ1) is 5.04. The van der Waals surface area contributed by atoms with E-state index in [4.69, 9.17) is 5.11 Å². The highest BCUT2D eigenvalue weighted by molar-refractivity contribution is 9.11. The number of rotatable bonds is 1. The van der Waals surface area contributed by atoms with E-state index in [1.54, 1.807) is 6.92 Å². The summed E-state index contributed by atoms with van der Waals surface area (Å²) in [7, 11) is 0. The molecule has 0 aromatic carbocycles. The summed E-state index contributed by atoms with van der Waals surface area (Å²) < 4.78 is 0.660. The van der Waals surface area contributed by atoms with Crippen molar-refractivity contribution >= 4 is 33.2 Å². The van der Waals surface area contributed by atoms with E-state index in [9.17, 15) is 9.90 Å². The van der Waals surface area contributed by atoms with Crippen molar-refractivity contribution < 1.29 is 15.0 Å². The van der Waals surface area contributed by atoms with Gasteiger partial charge in [-0.25, -0.2) is 4.79 Å². The first kappa shape index (κ1) is 8.55. The Labute approximate surface area is 75.4 Å². The minimum Gasteiger partial charge on any atom is -0.506 e. The average Bonchev–Trinajstić information content (AvgIpc) is 2.17. The topological polar surface area (TPSA) is 57.5 Å². The molecule has 0 atom stereocenters. The zero-order valence-electron chi connectivity index (χ0n) is 5.59. The molecule has 0 aliphatic carbocycles. The van der Waals surface area contributed by atoms with Crippen LogP contribution >= 0.6 is 27.3 Å². The van der Waals surface area contributed by atoms with Crippen molar-refractivity contribution in [1.82, 2.24) is 0 Å². The Morgan fingerprint density at radius 2 is 2.18 bits per heavy atom. The number of hydrogen-bond donors (Lipinski definition) is 2. The van der Waals surface area contributed by atoms with E-state index in [0.717, 1.165) is 11.3 Å². The number of halogens is 1. The molecule has 1 aromatic rings. The third kappa shape index (κ3) is 1.39. The van der Waals surface area contributed by atoms with Crippen molar-refractivity contribution in [1.29, 1.82) is 0 Å². The molecule has 0 bridgehead atoms. The fraction of sp³-hybridized carbons (Fsp3) is 0.167. The Hall–Kier alpha value is -0.550. The molecule has 0 aliphatic heterocycles. The van der Waals surface area contributed by atoms with Crippen LogP contribution in [0.25, 0.3) is 0 Å². The van der Waals surface area contributed by atoms with E-state index in [-0.39, 0.29) is 10.6 Å². The largest absolute Gasteiger partial charge is 0.506 e. The quantitative estimate of drug-likeness (QED) is 0.787. The molecule has 0 amide bonds. The van der Waals surface area contributed by atoms with Crippen molar-refractivity contribution in [2.45, 2.75) is 6.92 Å². The van der Waals surface area contributed by atoms with Gasteiger partial charge >= 0.3 is 5.97 Å². The van der Waals surface area contributed by atoms with Crippen molar-refractivity contribution in [3.63, 3.8) is 0 Å². The summed E-state index contributed by atoms with van der Waals surface area (Å²) in [6.07, 6.45) is 0. The molecule has 0 saturated carbocycles. The highest BCUT2D eigenvalue weighted by Gasteiger charge is 2.17. The molecule has 1 aromatic heterocycles. The van der Waals surface area contributed by atoms with E-state index in [2.05, 4.69) is 15.9 Å². The lowest BCUT2D eigenvalue weighted by atomic mass is 10.3. The van der Waals surface area contributed by atoms with Gasteiger partial charge in [-0.3, -0.25) is 0 Å². The minimum absolute atomic E-state index is 0.0191. The van der Waals surface area contributed by atoms with Gasteiger partial charge in [-0.15, -0.1) is 11.3 Å². The molecular weight excluding hydrogens is 232 g/mol.